The number of aromatic amines is 1. The van der Waals surface area contributed by atoms with E-state index in [1.807, 2.05) is 30.0 Å². The third-order valence-corrected chi connectivity index (χ3v) is 4.86. The lowest BCUT2D eigenvalue weighted by molar-refractivity contribution is -0.274. The second-order valence-electron chi connectivity index (χ2n) is 6.56. The number of aryl methyl sites for hydroxylation is 1. The van der Waals surface area contributed by atoms with E-state index in [-0.39, 0.29) is 5.52 Å². The summed E-state index contributed by atoms with van der Waals surface area (Å²) in [5.74, 6) is 0.278. The molecule has 0 aliphatic carbocycles. The van der Waals surface area contributed by atoms with Crippen LogP contribution in [0.1, 0.15) is 11.1 Å². The number of H-pyrrole nitrogens is 1. The van der Waals surface area contributed by atoms with Gasteiger partial charge in [-0.15, -0.1) is 13.2 Å². The fourth-order valence-corrected chi connectivity index (χ4v) is 3.70. The Balaban J connectivity index is 1.92. The first-order valence-electron chi connectivity index (χ1n) is 8.64. The number of nitrogens with one attached hydrogen (secondary N) is 1. The third-order valence-electron chi connectivity index (χ3n) is 4.86. The van der Waals surface area contributed by atoms with Gasteiger partial charge in [0, 0.05) is 23.2 Å². The van der Waals surface area contributed by atoms with Crippen molar-refractivity contribution in [1.29, 1.82) is 0 Å². The van der Waals surface area contributed by atoms with Gasteiger partial charge < -0.3 is 19.4 Å². The van der Waals surface area contributed by atoms with Gasteiger partial charge in [0.05, 0.1) is 18.3 Å². The summed E-state index contributed by atoms with van der Waals surface area (Å²) in [7, 11) is 1.58. The number of anilines is 2. The molecule has 3 aromatic rings. The van der Waals surface area contributed by atoms with Crippen LogP contribution in [0.4, 0.5) is 24.5 Å². The van der Waals surface area contributed by atoms with E-state index in [0.717, 1.165) is 11.3 Å². The van der Waals surface area contributed by atoms with E-state index in [0.29, 0.717) is 35.4 Å². The van der Waals surface area contributed by atoms with Gasteiger partial charge in [-0.3, -0.25) is 4.79 Å². The standard InChI is InChI=1S/C20H17F3N2O3/c1-11-10-12(27-2)6-7-15(11)25-9-8-14-18(25)13-4-3-5-16(28-20(21,22)23)17(13)24-19(14)26/h3-7,10H,8-9H2,1-2H3,(H,24,26). The Labute approximate surface area is 158 Å². The van der Waals surface area contributed by atoms with Crippen molar-refractivity contribution in [2.75, 3.05) is 18.6 Å². The van der Waals surface area contributed by atoms with E-state index in [9.17, 15) is 18.0 Å². The molecule has 0 fully saturated rings. The van der Waals surface area contributed by atoms with Gasteiger partial charge in [0.1, 0.15) is 5.75 Å². The Bertz CT molecular complexity index is 1120. The van der Waals surface area contributed by atoms with E-state index in [4.69, 9.17) is 4.74 Å². The summed E-state index contributed by atoms with van der Waals surface area (Å²) < 4.78 is 47.7. The molecule has 1 N–H and O–H groups in total. The fourth-order valence-electron chi connectivity index (χ4n) is 3.70. The van der Waals surface area contributed by atoms with Gasteiger partial charge in [-0.1, -0.05) is 12.1 Å². The highest BCUT2D eigenvalue weighted by molar-refractivity contribution is 5.99. The van der Waals surface area contributed by atoms with Crippen molar-refractivity contribution in [2.45, 2.75) is 19.7 Å². The van der Waals surface area contributed by atoms with Crippen LogP contribution in [0, 0.1) is 6.92 Å². The van der Waals surface area contributed by atoms with Gasteiger partial charge in [-0.05, 0) is 43.2 Å². The second-order valence-corrected chi connectivity index (χ2v) is 6.56. The number of aromatic nitrogens is 1. The maximum atomic E-state index is 12.8. The molecule has 0 bridgehead atoms. The normalized spacial score (nSPS) is 13.7. The number of alkyl halides is 3. The number of halogens is 3. The number of nitrogens with zero attached hydrogens (tertiary/aromatic N) is 1. The molecule has 1 aliphatic rings. The van der Waals surface area contributed by atoms with Crippen LogP contribution in [0.3, 0.4) is 0 Å². The summed E-state index contributed by atoms with van der Waals surface area (Å²) in [5, 5.41) is 0.504. The van der Waals surface area contributed by atoms with Crippen molar-refractivity contribution < 1.29 is 22.6 Å². The molecule has 0 unspecified atom stereocenters. The molecule has 0 amide bonds. The van der Waals surface area contributed by atoms with Crippen LogP contribution in [-0.4, -0.2) is 25.0 Å². The SMILES string of the molecule is COc1ccc(N2CCc3c2c2cccc(OC(F)(F)F)c2[nH]c3=O)c(C)c1. The molecule has 5 nitrogen and oxygen atoms in total. The summed E-state index contributed by atoms with van der Waals surface area (Å²) in [6.45, 7) is 2.47. The number of benzene rings is 2. The van der Waals surface area contributed by atoms with Gasteiger partial charge in [0.2, 0.25) is 0 Å². The van der Waals surface area contributed by atoms with Crippen molar-refractivity contribution in [2.24, 2.45) is 0 Å². The Morgan fingerprint density at radius 3 is 2.64 bits per heavy atom. The third kappa shape index (κ3) is 3.04. The first kappa shape index (κ1) is 18.2. The van der Waals surface area contributed by atoms with Crippen molar-refractivity contribution in [3.05, 3.63) is 57.9 Å². The van der Waals surface area contributed by atoms with Gasteiger partial charge in [-0.25, -0.2) is 0 Å². The number of fused-ring (bicyclic) bond motifs is 3. The molecule has 0 saturated heterocycles. The molecule has 2 aromatic carbocycles. The fraction of sp³-hybridized carbons (Fsp3) is 0.250. The van der Waals surface area contributed by atoms with E-state index in [2.05, 4.69) is 9.72 Å². The zero-order valence-corrected chi connectivity index (χ0v) is 15.2. The predicted octanol–water partition coefficient (Wildman–Crippen LogP) is 4.44. The Morgan fingerprint density at radius 1 is 1.18 bits per heavy atom. The van der Waals surface area contributed by atoms with E-state index in [1.165, 1.54) is 12.1 Å². The Morgan fingerprint density at radius 2 is 1.96 bits per heavy atom. The molecule has 1 aromatic heterocycles. The Hall–Kier alpha value is -3.16. The smallest absolute Gasteiger partial charge is 0.497 e. The number of methoxy groups -OCH3 is 1. The van der Waals surface area contributed by atoms with Crippen LogP contribution in [0.15, 0.2) is 41.2 Å². The van der Waals surface area contributed by atoms with Crippen LogP contribution >= 0.6 is 0 Å². The maximum Gasteiger partial charge on any atom is 0.573 e. The van der Waals surface area contributed by atoms with Gasteiger partial charge >= 0.3 is 6.36 Å². The molecule has 146 valence electrons. The molecule has 0 spiro atoms. The summed E-state index contributed by atoms with van der Waals surface area (Å²) in [4.78, 5) is 17.1. The number of para-hydroxylation sites is 1. The molecule has 4 rings (SSSR count). The molecule has 0 saturated carbocycles. The van der Waals surface area contributed by atoms with Crippen molar-refractivity contribution in [3.8, 4) is 11.5 Å². The Kier molecular flexibility index (Phi) is 4.21. The molecule has 0 atom stereocenters. The molecule has 0 radical (unpaired) electrons. The minimum Gasteiger partial charge on any atom is -0.497 e. The molecular weight excluding hydrogens is 373 g/mol. The van der Waals surface area contributed by atoms with Crippen molar-refractivity contribution in [3.63, 3.8) is 0 Å². The molecule has 1 aliphatic heterocycles. The van der Waals surface area contributed by atoms with Crippen LogP contribution in [0.5, 0.6) is 11.5 Å². The number of hydrogen-bond donors (Lipinski definition) is 1. The van der Waals surface area contributed by atoms with E-state index in [1.54, 1.807) is 13.2 Å². The lowest BCUT2D eigenvalue weighted by Gasteiger charge is -2.24. The average Bonchev–Trinajstić information content (AvgIpc) is 3.07. The molecular formula is C20H17F3N2O3. The van der Waals surface area contributed by atoms with Gasteiger partial charge in [0.25, 0.3) is 5.56 Å². The second kappa shape index (κ2) is 6.47. The number of ether oxygens (including phenoxy) is 2. The zero-order chi connectivity index (χ0) is 20.1. The van der Waals surface area contributed by atoms with E-state index < -0.39 is 17.7 Å². The quantitative estimate of drug-likeness (QED) is 0.719. The number of hydrogen-bond acceptors (Lipinski definition) is 4. The highest BCUT2D eigenvalue weighted by Gasteiger charge is 2.33. The monoisotopic (exact) mass is 390 g/mol. The highest BCUT2D eigenvalue weighted by Crippen LogP contribution is 2.42. The van der Waals surface area contributed by atoms with Crippen LogP contribution in [-0.2, 0) is 6.42 Å². The largest absolute Gasteiger partial charge is 0.573 e. The summed E-state index contributed by atoms with van der Waals surface area (Å²) in [5.41, 5.74) is 2.58. The maximum absolute atomic E-state index is 12.8. The first-order valence-corrected chi connectivity index (χ1v) is 8.64. The summed E-state index contributed by atoms with van der Waals surface area (Å²) in [6.07, 6.45) is -4.35. The van der Waals surface area contributed by atoms with Crippen LogP contribution in [0.25, 0.3) is 10.9 Å². The molecule has 28 heavy (non-hydrogen) atoms. The van der Waals surface area contributed by atoms with E-state index >= 15 is 0 Å². The van der Waals surface area contributed by atoms with Crippen LogP contribution < -0.4 is 19.9 Å². The lowest BCUT2D eigenvalue weighted by atomic mass is 10.1. The first-order chi connectivity index (χ1) is 13.3. The topological polar surface area (TPSA) is 54.6 Å². The van der Waals surface area contributed by atoms with Crippen molar-refractivity contribution >= 4 is 22.3 Å². The summed E-state index contributed by atoms with van der Waals surface area (Å²) in [6, 6.07) is 9.93. The van der Waals surface area contributed by atoms with Gasteiger partial charge in [0.15, 0.2) is 5.75 Å². The van der Waals surface area contributed by atoms with Gasteiger partial charge in [-0.2, -0.15) is 0 Å². The minimum atomic E-state index is -4.85. The zero-order valence-electron chi connectivity index (χ0n) is 15.2. The minimum absolute atomic E-state index is 0.0293. The average molecular weight is 390 g/mol. The summed E-state index contributed by atoms with van der Waals surface area (Å²) >= 11 is 0. The van der Waals surface area contributed by atoms with Crippen molar-refractivity contribution in [1.82, 2.24) is 4.98 Å². The highest BCUT2D eigenvalue weighted by atomic mass is 19.4. The number of pyridine rings is 1. The predicted molar refractivity (Wildman–Crippen MR) is 99.7 cm³/mol. The number of rotatable bonds is 3. The molecule has 8 heteroatoms. The molecule has 2 heterocycles. The lowest BCUT2D eigenvalue weighted by Crippen LogP contribution is -2.19. The van der Waals surface area contributed by atoms with Crippen LogP contribution in [0.2, 0.25) is 0 Å².